The van der Waals surface area contributed by atoms with Crippen molar-refractivity contribution in [3.05, 3.63) is 16.1 Å². The summed E-state index contributed by atoms with van der Waals surface area (Å²) in [4.78, 5) is 4.40. The number of aromatic nitrogens is 1. The molecule has 0 radical (unpaired) electrons. The van der Waals surface area contributed by atoms with Gasteiger partial charge in [0.25, 0.3) is 0 Å². The highest BCUT2D eigenvalue weighted by Gasteiger charge is 2.09. The van der Waals surface area contributed by atoms with Crippen molar-refractivity contribution in [2.45, 2.75) is 27.2 Å². The van der Waals surface area contributed by atoms with E-state index in [-0.39, 0.29) is 0 Å². The molecule has 5 heteroatoms. The zero-order chi connectivity index (χ0) is 12.8. The van der Waals surface area contributed by atoms with Gasteiger partial charge in [-0.3, -0.25) is 0 Å². The van der Waals surface area contributed by atoms with Gasteiger partial charge in [0, 0.05) is 13.1 Å². The number of pyridine rings is 1. The van der Waals surface area contributed by atoms with Gasteiger partial charge in [-0.2, -0.15) is 0 Å². The molecular formula is C12H19Cl2N3. The minimum absolute atomic E-state index is 0.538. The van der Waals surface area contributed by atoms with Crippen LogP contribution in [0.3, 0.4) is 0 Å². The predicted octanol–water partition coefficient (Wildman–Crippen LogP) is 4.28. The molecule has 2 N–H and O–H groups in total. The molecule has 0 spiro atoms. The Labute approximate surface area is 113 Å². The first-order valence-electron chi connectivity index (χ1n) is 5.88. The molecule has 0 aliphatic carbocycles. The van der Waals surface area contributed by atoms with Crippen LogP contribution in [0.1, 0.15) is 27.2 Å². The van der Waals surface area contributed by atoms with Crippen molar-refractivity contribution in [2.24, 2.45) is 5.92 Å². The summed E-state index contributed by atoms with van der Waals surface area (Å²) >= 11 is 12.1. The molecule has 0 saturated heterocycles. The fraction of sp³-hybridized carbons (Fsp3) is 0.583. The molecule has 0 aliphatic heterocycles. The largest absolute Gasteiger partial charge is 0.369 e. The molecule has 1 aromatic rings. The first-order valence-corrected chi connectivity index (χ1v) is 6.64. The molecule has 3 nitrogen and oxygen atoms in total. The number of hydrogen-bond acceptors (Lipinski definition) is 3. The van der Waals surface area contributed by atoms with Crippen LogP contribution in [0.4, 0.5) is 11.6 Å². The van der Waals surface area contributed by atoms with Crippen LogP contribution >= 0.6 is 23.2 Å². The Morgan fingerprint density at radius 1 is 1.18 bits per heavy atom. The predicted molar refractivity (Wildman–Crippen MR) is 76.4 cm³/mol. The summed E-state index contributed by atoms with van der Waals surface area (Å²) in [6, 6.07) is 1.72. The first kappa shape index (κ1) is 14.4. The Hall–Kier alpha value is -0.670. The van der Waals surface area contributed by atoms with Gasteiger partial charge in [-0.15, -0.1) is 0 Å². The summed E-state index contributed by atoms with van der Waals surface area (Å²) in [5.41, 5.74) is 0. The van der Waals surface area contributed by atoms with Gasteiger partial charge in [-0.05, 0) is 18.4 Å². The molecule has 0 amide bonds. The topological polar surface area (TPSA) is 37.0 Å². The van der Waals surface area contributed by atoms with Crippen LogP contribution in [0.2, 0.25) is 10.0 Å². The second-order valence-electron chi connectivity index (χ2n) is 4.35. The molecule has 96 valence electrons. The summed E-state index contributed by atoms with van der Waals surface area (Å²) in [5.74, 6) is 1.91. The summed E-state index contributed by atoms with van der Waals surface area (Å²) < 4.78 is 0. The van der Waals surface area contributed by atoms with E-state index in [0.29, 0.717) is 27.6 Å². The van der Waals surface area contributed by atoms with E-state index in [4.69, 9.17) is 23.2 Å². The van der Waals surface area contributed by atoms with E-state index in [1.807, 2.05) is 0 Å². The minimum Gasteiger partial charge on any atom is -0.369 e. The number of nitrogens with one attached hydrogen (secondary N) is 2. The molecule has 0 saturated carbocycles. The summed E-state index contributed by atoms with van der Waals surface area (Å²) in [7, 11) is 0. The van der Waals surface area contributed by atoms with Gasteiger partial charge in [0.1, 0.15) is 11.6 Å². The van der Waals surface area contributed by atoms with Crippen molar-refractivity contribution >= 4 is 34.8 Å². The van der Waals surface area contributed by atoms with Crippen molar-refractivity contribution in [1.29, 1.82) is 0 Å². The van der Waals surface area contributed by atoms with Crippen LogP contribution in [0.15, 0.2) is 6.07 Å². The Morgan fingerprint density at radius 3 is 2.29 bits per heavy atom. The Morgan fingerprint density at radius 2 is 1.76 bits per heavy atom. The van der Waals surface area contributed by atoms with E-state index in [2.05, 4.69) is 36.4 Å². The van der Waals surface area contributed by atoms with Crippen LogP contribution < -0.4 is 10.6 Å². The van der Waals surface area contributed by atoms with E-state index in [0.717, 1.165) is 19.5 Å². The Bertz CT molecular complexity index is 367. The van der Waals surface area contributed by atoms with Gasteiger partial charge in [-0.25, -0.2) is 4.98 Å². The van der Waals surface area contributed by atoms with Crippen LogP contribution in [-0.2, 0) is 0 Å². The average molecular weight is 276 g/mol. The molecule has 1 aromatic heterocycles. The quantitative estimate of drug-likeness (QED) is 0.814. The third-order valence-electron chi connectivity index (χ3n) is 2.15. The second kappa shape index (κ2) is 6.92. The number of halogens is 2. The van der Waals surface area contributed by atoms with Crippen LogP contribution in [0, 0.1) is 5.92 Å². The van der Waals surface area contributed by atoms with Crippen molar-refractivity contribution in [3.63, 3.8) is 0 Å². The number of anilines is 2. The van der Waals surface area contributed by atoms with Gasteiger partial charge >= 0.3 is 0 Å². The van der Waals surface area contributed by atoms with E-state index in [1.165, 1.54) is 0 Å². The van der Waals surface area contributed by atoms with Gasteiger partial charge in [0.15, 0.2) is 0 Å². The summed E-state index contributed by atoms with van der Waals surface area (Å²) in [5, 5.41) is 7.50. The Kier molecular flexibility index (Phi) is 5.86. The highest BCUT2D eigenvalue weighted by molar-refractivity contribution is 6.37. The lowest BCUT2D eigenvalue weighted by molar-refractivity contribution is 0.687. The maximum atomic E-state index is 6.08. The molecule has 1 heterocycles. The number of nitrogens with zero attached hydrogens (tertiary/aromatic N) is 1. The third kappa shape index (κ3) is 4.60. The number of hydrogen-bond donors (Lipinski definition) is 2. The molecular weight excluding hydrogens is 257 g/mol. The van der Waals surface area contributed by atoms with Crippen molar-refractivity contribution < 1.29 is 0 Å². The van der Waals surface area contributed by atoms with Gasteiger partial charge in [-0.1, -0.05) is 44.0 Å². The fourth-order valence-corrected chi connectivity index (χ4v) is 1.75. The van der Waals surface area contributed by atoms with Crippen LogP contribution in [0.25, 0.3) is 0 Å². The van der Waals surface area contributed by atoms with Crippen LogP contribution in [-0.4, -0.2) is 18.1 Å². The standard InChI is InChI=1S/C12H19Cl2N3/c1-4-5-15-11-9(13)6-10(14)12(17-11)16-7-8(2)3/h6,8H,4-5,7H2,1-3H3,(H2,15,16,17). The zero-order valence-electron chi connectivity index (χ0n) is 10.5. The molecule has 17 heavy (non-hydrogen) atoms. The van der Waals surface area contributed by atoms with Gasteiger partial charge < -0.3 is 10.6 Å². The molecule has 0 atom stereocenters. The van der Waals surface area contributed by atoms with E-state index in [9.17, 15) is 0 Å². The second-order valence-corrected chi connectivity index (χ2v) is 5.17. The Balaban J connectivity index is 2.81. The van der Waals surface area contributed by atoms with Crippen molar-refractivity contribution in [1.82, 2.24) is 4.98 Å². The van der Waals surface area contributed by atoms with Crippen molar-refractivity contribution in [3.8, 4) is 0 Å². The molecule has 0 fully saturated rings. The zero-order valence-corrected chi connectivity index (χ0v) is 12.0. The monoisotopic (exact) mass is 275 g/mol. The first-order chi connectivity index (χ1) is 8.04. The molecule has 1 rings (SSSR count). The molecule has 0 bridgehead atoms. The third-order valence-corrected chi connectivity index (χ3v) is 2.73. The SMILES string of the molecule is CCCNc1nc(NCC(C)C)c(Cl)cc1Cl. The summed E-state index contributed by atoms with van der Waals surface area (Å²) in [6.07, 6.45) is 1.02. The fourth-order valence-electron chi connectivity index (χ4n) is 1.26. The lowest BCUT2D eigenvalue weighted by atomic mass is 10.2. The lowest BCUT2D eigenvalue weighted by Crippen LogP contribution is -2.11. The van der Waals surface area contributed by atoms with E-state index < -0.39 is 0 Å². The lowest BCUT2D eigenvalue weighted by Gasteiger charge is -2.13. The highest BCUT2D eigenvalue weighted by Crippen LogP contribution is 2.29. The van der Waals surface area contributed by atoms with Gasteiger partial charge in [0.05, 0.1) is 10.0 Å². The molecule has 0 unspecified atom stereocenters. The molecule has 0 aliphatic rings. The van der Waals surface area contributed by atoms with Gasteiger partial charge in [0.2, 0.25) is 0 Å². The minimum atomic E-state index is 0.538. The normalized spacial score (nSPS) is 10.7. The average Bonchev–Trinajstić information content (AvgIpc) is 2.26. The van der Waals surface area contributed by atoms with Crippen molar-refractivity contribution in [2.75, 3.05) is 23.7 Å². The smallest absolute Gasteiger partial charge is 0.147 e. The van der Waals surface area contributed by atoms with E-state index in [1.54, 1.807) is 6.07 Å². The molecule has 0 aromatic carbocycles. The number of rotatable bonds is 6. The van der Waals surface area contributed by atoms with Crippen LogP contribution in [0.5, 0.6) is 0 Å². The summed E-state index contributed by atoms with van der Waals surface area (Å²) in [6.45, 7) is 8.04. The van der Waals surface area contributed by atoms with E-state index >= 15 is 0 Å². The maximum absolute atomic E-state index is 6.08. The maximum Gasteiger partial charge on any atom is 0.147 e. The highest BCUT2D eigenvalue weighted by atomic mass is 35.5.